The van der Waals surface area contributed by atoms with E-state index in [1.54, 1.807) is 18.3 Å². The summed E-state index contributed by atoms with van der Waals surface area (Å²) in [5.41, 5.74) is -2.00. The topological polar surface area (TPSA) is 96.8 Å². The standard InChI is InChI=1S/C26H18F3N5O2S/c1-36-23-10-8-17(13-31-23)24-19-9-7-16(11-20(19)37-21(24)12-30)14-34-15-22(32-33-34)25(35,26(27,28)29)18-5-3-2-4-6-18/h2-11,13,15,35H,14H2,1H3. The molecule has 5 rings (SSSR count). The Morgan fingerprint density at radius 1 is 1.11 bits per heavy atom. The van der Waals surface area contributed by atoms with Crippen LogP contribution in [0.4, 0.5) is 13.2 Å². The van der Waals surface area contributed by atoms with Crippen molar-refractivity contribution >= 4 is 21.4 Å². The Hall–Kier alpha value is -4.27. The molecule has 0 saturated carbocycles. The summed E-state index contributed by atoms with van der Waals surface area (Å²) >= 11 is 1.31. The van der Waals surface area contributed by atoms with Gasteiger partial charge in [0.15, 0.2) is 0 Å². The molecule has 2 aromatic carbocycles. The van der Waals surface area contributed by atoms with E-state index in [2.05, 4.69) is 21.4 Å². The van der Waals surface area contributed by atoms with Crippen LogP contribution in [-0.4, -0.2) is 38.4 Å². The normalized spacial score (nSPS) is 13.3. The van der Waals surface area contributed by atoms with Crippen LogP contribution in [0.5, 0.6) is 5.88 Å². The number of benzene rings is 2. The lowest BCUT2D eigenvalue weighted by molar-refractivity contribution is -0.249. The largest absolute Gasteiger partial charge is 0.481 e. The Labute approximate surface area is 213 Å². The highest BCUT2D eigenvalue weighted by Crippen LogP contribution is 2.43. The highest BCUT2D eigenvalue weighted by Gasteiger charge is 2.58. The Kier molecular flexibility index (Phi) is 6.15. The third-order valence-corrected chi connectivity index (χ3v) is 7.00. The minimum absolute atomic E-state index is 0.116. The number of fused-ring (bicyclic) bond motifs is 1. The van der Waals surface area contributed by atoms with Gasteiger partial charge in [-0.05, 0) is 23.3 Å². The molecule has 0 aliphatic heterocycles. The molecule has 11 heteroatoms. The molecule has 0 amide bonds. The number of pyridine rings is 1. The van der Waals surface area contributed by atoms with E-state index in [0.29, 0.717) is 10.8 Å². The van der Waals surface area contributed by atoms with Crippen molar-refractivity contribution in [1.82, 2.24) is 20.0 Å². The van der Waals surface area contributed by atoms with Gasteiger partial charge in [0.2, 0.25) is 11.5 Å². The number of aliphatic hydroxyl groups is 1. The molecule has 1 unspecified atom stereocenters. The number of methoxy groups -OCH3 is 1. The molecular weight excluding hydrogens is 503 g/mol. The summed E-state index contributed by atoms with van der Waals surface area (Å²) in [7, 11) is 1.52. The molecule has 186 valence electrons. The quantitative estimate of drug-likeness (QED) is 0.327. The second-order valence-corrected chi connectivity index (χ2v) is 9.27. The summed E-state index contributed by atoms with van der Waals surface area (Å²) in [5.74, 6) is 0.459. The number of nitriles is 1. The van der Waals surface area contributed by atoms with Gasteiger partial charge in [0.05, 0.1) is 19.9 Å². The Balaban J connectivity index is 1.48. The molecule has 0 radical (unpaired) electrons. The number of alkyl halides is 3. The van der Waals surface area contributed by atoms with E-state index in [9.17, 15) is 23.5 Å². The molecule has 5 aromatic rings. The third kappa shape index (κ3) is 4.30. The smallest absolute Gasteiger partial charge is 0.427 e. The maximum absolute atomic E-state index is 14.0. The van der Waals surface area contributed by atoms with Gasteiger partial charge in [-0.15, -0.1) is 16.4 Å². The van der Waals surface area contributed by atoms with Crippen molar-refractivity contribution in [3.8, 4) is 23.1 Å². The third-order valence-electron chi connectivity index (χ3n) is 5.95. The van der Waals surface area contributed by atoms with Crippen molar-refractivity contribution in [3.05, 3.63) is 94.8 Å². The first kappa shape index (κ1) is 24.4. The van der Waals surface area contributed by atoms with Gasteiger partial charge in [-0.3, -0.25) is 0 Å². The van der Waals surface area contributed by atoms with Crippen LogP contribution in [0.15, 0.2) is 73.1 Å². The number of hydrogen-bond donors (Lipinski definition) is 1. The van der Waals surface area contributed by atoms with Gasteiger partial charge in [0.1, 0.15) is 16.6 Å². The molecule has 0 saturated heterocycles. The Morgan fingerprint density at radius 3 is 2.54 bits per heavy atom. The summed E-state index contributed by atoms with van der Waals surface area (Å²) in [6.45, 7) is 0.116. The molecule has 0 aliphatic carbocycles. The monoisotopic (exact) mass is 521 g/mol. The van der Waals surface area contributed by atoms with E-state index in [0.717, 1.165) is 33.0 Å². The minimum Gasteiger partial charge on any atom is -0.481 e. The molecular formula is C26H18F3N5O2S. The van der Waals surface area contributed by atoms with Crippen LogP contribution in [0.3, 0.4) is 0 Å². The van der Waals surface area contributed by atoms with Crippen LogP contribution in [0.2, 0.25) is 0 Å². The van der Waals surface area contributed by atoms with E-state index in [1.165, 1.54) is 47.4 Å². The predicted molar refractivity (Wildman–Crippen MR) is 131 cm³/mol. The molecule has 0 bridgehead atoms. The minimum atomic E-state index is -5.01. The van der Waals surface area contributed by atoms with Gasteiger partial charge >= 0.3 is 6.18 Å². The molecule has 0 fully saturated rings. The molecule has 37 heavy (non-hydrogen) atoms. The fourth-order valence-corrected chi connectivity index (χ4v) is 5.20. The second-order valence-electron chi connectivity index (χ2n) is 8.21. The van der Waals surface area contributed by atoms with Crippen molar-refractivity contribution < 1.29 is 23.0 Å². The zero-order valence-corrected chi connectivity index (χ0v) is 20.1. The lowest BCUT2D eigenvalue weighted by Crippen LogP contribution is -2.43. The fourth-order valence-electron chi connectivity index (χ4n) is 4.12. The summed E-state index contributed by atoms with van der Waals surface area (Å²) in [5, 5.41) is 28.8. The predicted octanol–water partition coefficient (Wildman–Crippen LogP) is 5.28. The average molecular weight is 522 g/mol. The van der Waals surface area contributed by atoms with Gasteiger partial charge in [0, 0.05) is 33.5 Å². The van der Waals surface area contributed by atoms with Crippen molar-refractivity contribution in [3.63, 3.8) is 0 Å². The van der Waals surface area contributed by atoms with Crippen LogP contribution in [0.1, 0.15) is 21.7 Å². The number of aromatic nitrogens is 4. The van der Waals surface area contributed by atoms with Crippen LogP contribution in [0.25, 0.3) is 21.2 Å². The molecule has 1 N–H and O–H groups in total. The molecule has 0 spiro atoms. The lowest BCUT2D eigenvalue weighted by atomic mass is 9.90. The number of halogens is 3. The fraction of sp³-hybridized carbons (Fsp3) is 0.154. The first-order valence-electron chi connectivity index (χ1n) is 11.0. The van der Waals surface area contributed by atoms with Gasteiger partial charge in [-0.25, -0.2) is 9.67 Å². The van der Waals surface area contributed by atoms with Crippen molar-refractivity contribution in [2.75, 3.05) is 7.11 Å². The van der Waals surface area contributed by atoms with Crippen LogP contribution >= 0.6 is 11.3 Å². The van der Waals surface area contributed by atoms with Gasteiger partial charge < -0.3 is 9.84 Å². The van der Waals surface area contributed by atoms with Crippen molar-refractivity contribution in [2.24, 2.45) is 0 Å². The lowest BCUT2D eigenvalue weighted by Gasteiger charge is -2.28. The number of thiophene rings is 1. The number of hydrogen-bond acceptors (Lipinski definition) is 7. The van der Waals surface area contributed by atoms with Crippen molar-refractivity contribution in [1.29, 1.82) is 5.26 Å². The van der Waals surface area contributed by atoms with E-state index < -0.39 is 17.5 Å². The zero-order valence-electron chi connectivity index (χ0n) is 19.3. The second kappa shape index (κ2) is 9.31. The molecule has 1 atom stereocenters. The number of nitrogens with zero attached hydrogens (tertiary/aromatic N) is 5. The molecule has 3 aromatic heterocycles. The summed E-state index contributed by atoms with van der Waals surface area (Å²) < 4.78 is 49.1. The highest BCUT2D eigenvalue weighted by atomic mass is 32.1. The molecule has 0 aliphatic rings. The van der Waals surface area contributed by atoms with E-state index in [-0.39, 0.29) is 12.1 Å². The van der Waals surface area contributed by atoms with Gasteiger partial charge in [0.25, 0.3) is 0 Å². The van der Waals surface area contributed by atoms with E-state index >= 15 is 0 Å². The summed E-state index contributed by atoms with van der Waals surface area (Å²) in [6, 6.07) is 18.1. The summed E-state index contributed by atoms with van der Waals surface area (Å²) in [4.78, 5) is 4.74. The maximum Gasteiger partial charge on any atom is 0.427 e. The zero-order chi connectivity index (χ0) is 26.2. The maximum atomic E-state index is 14.0. The highest BCUT2D eigenvalue weighted by molar-refractivity contribution is 7.20. The Bertz CT molecular complexity index is 1610. The first-order chi connectivity index (χ1) is 17.7. The number of rotatable bonds is 6. The van der Waals surface area contributed by atoms with Crippen LogP contribution in [0, 0.1) is 11.3 Å². The average Bonchev–Trinajstić information content (AvgIpc) is 3.52. The Morgan fingerprint density at radius 2 is 1.89 bits per heavy atom. The van der Waals surface area contributed by atoms with Gasteiger partial charge in [-0.2, -0.15) is 18.4 Å². The van der Waals surface area contributed by atoms with E-state index in [1.807, 2.05) is 24.3 Å². The molecule has 3 heterocycles. The van der Waals surface area contributed by atoms with Gasteiger partial charge in [-0.1, -0.05) is 47.7 Å². The van der Waals surface area contributed by atoms with Crippen molar-refractivity contribution in [2.45, 2.75) is 18.3 Å². The molecule has 7 nitrogen and oxygen atoms in total. The first-order valence-corrected chi connectivity index (χ1v) is 11.8. The van der Waals surface area contributed by atoms with Crippen LogP contribution in [-0.2, 0) is 12.1 Å². The SMILES string of the molecule is COc1ccc(-c2c(C#N)sc3cc(Cn4cc(C(O)(c5ccccc5)C(F)(F)F)nn4)ccc23)cn1. The van der Waals surface area contributed by atoms with E-state index in [4.69, 9.17) is 4.74 Å². The van der Waals surface area contributed by atoms with Crippen LogP contribution < -0.4 is 4.74 Å². The summed E-state index contributed by atoms with van der Waals surface area (Å²) in [6.07, 6.45) is -2.28. The number of ether oxygens (including phenoxy) is 1.